The molecule has 6 heteroatoms. The summed E-state index contributed by atoms with van der Waals surface area (Å²) in [7, 11) is 0. The van der Waals surface area contributed by atoms with E-state index in [0.717, 1.165) is 40.7 Å². The maximum atomic E-state index is 6.07. The Morgan fingerprint density at radius 1 is 0.889 bits per heavy atom. The average molecular weight is 370 g/mol. The van der Waals surface area contributed by atoms with Crippen LogP contribution in [-0.2, 0) is 16.1 Å². The van der Waals surface area contributed by atoms with Crippen LogP contribution in [0.2, 0.25) is 0 Å². The first-order valence-corrected chi connectivity index (χ1v) is 9.25. The van der Waals surface area contributed by atoms with Crippen LogP contribution in [0.1, 0.15) is 24.2 Å². The zero-order chi connectivity index (χ0) is 18.2. The molecule has 142 valence electrons. The topological polar surface area (TPSA) is 55.4 Å². The summed E-state index contributed by atoms with van der Waals surface area (Å²) in [6, 6.07) is 12.0. The van der Waals surface area contributed by atoms with Gasteiger partial charge in [0.25, 0.3) is 0 Å². The minimum atomic E-state index is 0.00579. The molecule has 0 aliphatic carbocycles. The van der Waals surface area contributed by atoms with Crippen LogP contribution in [0.3, 0.4) is 0 Å². The van der Waals surface area contributed by atoms with E-state index in [1.54, 1.807) is 0 Å². The molecule has 0 aromatic heterocycles. The smallest absolute Gasteiger partial charge is 0.231 e. The molecule has 3 aliphatic rings. The standard InChI is InChI=1S/C21H22O6/c1-13-8-23-21(15-3-5-18-20(7-15)27-12-25-18)16(13)10-22-9-14-2-4-17-19(6-14)26-11-24-17/h2-7,13,16,21H,8-12H2,1H3. The van der Waals surface area contributed by atoms with Gasteiger partial charge in [-0.05, 0) is 41.3 Å². The van der Waals surface area contributed by atoms with E-state index < -0.39 is 0 Å². The van der Waals surface area contributed by atoms with Crippen molar-refractivity contribution in [1.29, 1.82) is 0 Å². The minimum Gasteiger partial charge on any atom is -0.454 e. The Labute approximate surface area is 157 Å². The van der Waals surface area contributed by atoms with Crippen molar-refractivity contribution < 1.29 is 28.4 Å². The summed E-state index contributed by atoms with van der Waals surface area (Å²) in [4.78, 5) is 0. The van der Waals surface area contributed by atoms with Gasteiger partial charge in [0.2, 0.25) is 13.6 Å². The summed E-state index contributed by atoms with van der Waals surface area (Å²) < 4.78 is 33.8. The number of hydrogen-bond donors (Lipinski definition) is 0. The monoisotopic (exact) mass is 370 g/mol. The van der Waals surface area contributed by atoms with Gasteiger partial charge in [0, 0.05) is 5.92 Å². The number of hydrogen-bond acceptors (Lipinski definition) is 6. The minimum absolute atomic E-state index is 0.00579. The molecule has 3 atom stereocenters. The van der Waals surface area contributed by atoms with Gasteiger partial charge >= 0.3 is 0 Å². The van der Waals surface area contributed by atoms with E-state index in [1.807, 2.05) is 30.3 Å². The lowest BCUT2D eigenvalue weighted by atomic mass is 9.89. The van der Waals surface area contributed by atoms with Crippen molar-refractivity contribution in [3.05, 3.63) is 47.5 Å². The SMILES string of the molecule is CC1COC(c2ccc3c(c2)OCO3)C1COCc1ccc2c(c1)OCO2. The second kappa shape index (κ2) is 6.94. The molecule has 0 saturated carbocycles. The molecule has 3 aliphatic heterocycles. The zero-order valence-corrected chi connectivity index (χ0v) is 15.2. The molecule has 0 spiro atoms. The van der Waals surface area contributed by atoms with Gasteiger partial charge in [0.15, 0.2) is 23.0 Å². The summed E-state index contributed by atoms with van der Waals surface area (Å²) in [6.07, 6.45) is 0.00579. The van der Waals surface area contributed by atoms with Crippen molar-refractivity contribution in [2.45, 2.75) is 19.6 Å². The molecular formula is C21H22O6. The van der Waals surface area contributed by atoms with Crippen molar-refractivity contribution in [2.75, 3.05) is 26.8 Å². The Morgan fingerprint density at radius 3 is 2.41 bits per heavy atom. The molecule has 1 fully saturated rings. The van der Waals surface area contributed by atoms with E-state index in [9.17, 15) is 0 Å². The zero-order valence-electron chi connectivity index (χ0n) is 15.2. The van der Waals surface area contributed by atoms with Crippen LogP contribution in [0.5, 0.6) is 23.0 Å². The van der Waals surface area contributed by atoms with Crippen LogP contribution in [0, 0.1) is 11.8 Å². The highest BCUT2D eigenvalue weighted by atomic mass is 16.7. The van der Waals surface area contributed by atoms with Crippen molar-refractivity contribution in [2.24, 2.45) is 11.8 Å². The predicted octanol–water partition coefficient (Wildman–Crippen LogP) is 3.68. The molecule has 0 N–H and O–H groups in total. The molecule has 2 aromatic carbocycles. The Balaban J connectivity index is 1.24. The molecule has 2 aromatic rings. The quantitative estimate of drug-likeness (QED) is 0.800. The van der Waals surface area contributed by atoms with E-state index >= 15 is 0 Å². The normalized spacial score (nSPS) is 25.1. The summed E-state index contributed by atoms with van der Waals surface area (Å²) in [5.41, 5.74) is 2.19. The van der Waals surface area contributed by atoms with Gasteiger partial charge in [-0.1, -0.05) is 19.1 Å². The van der Waals surface area contributed by atoms with Gasteiger partial charge in [0.05, 0.1) is 25.9 Å². The van der Waals surface area contributed by atoms with Crippen molar-refractivity contribution in [3.63, 3.8) is 0 Å². The summed E-state index contributed by atoms with van der Waals surface area (Å²) in [6.45, 7) is 4.68. The molecule has 0 amide bonds. The van der Waals surface area contributed by atoms with Gasteiger partial charge in [-0.25, -0.2) is 0 Å². The van der Waals surface area contributed by atoms with Crippen LogP contribution in [0.15, 0.2) is 36.4 Å². The largest absolute Gasteiger partial charge is 0.454 e. The van der Waals surface area contributed by atoms with Crippen molar-refractivity contribution >= 4 is 0 Å². The molecule has 0 radical (unpaired) electrons. The molecule has 6 nitrogen and oxygen atoms in total. The molecular weight excluding hydrogens is 348 g/mol. The van der Waals surface area contributed by atoms with Crippen LogP contribution >= 0.6 is 0 Å². The summed E-state index contributed by atoms with van der Waals surface area (Å²) in [5, 5.41) is 0. The number of rotatable bonds is 5. The second-order valence-electron chi connectivity index (χ2n) is 7.21. The van der Waals surface area contributed by atoms with Gasteiger partial charge in [-0.3, -0.25) is 0 Å². The first-order chi connectivity index (χ1) is 13.3. The number of fused-ring (bicyclic) bond motifs is 2. The maximum absolute atomic E-state index is 6.07. The van der Waals surface area contributed by atoms with E-state index in [0.29, 0.717) is 25.0 Å². The highest BCUT2D eigenvalue weighted by Crippen LogP contribution is 2.42. The Kier molecular flexibility index (Phi) is 4.30. The number of ether oxygens (including phenoxy) is 6. The fourth-order valence-corrected chi connectivity index (χ4v) is 3.83. The average Bonchev–Trinajstić information content (AvgIpc) is 3.41. The van der Waals surface area contributed by atoms with E-state index in [2.05, 4.69) is 13.0 Å². The Bertz CT molecular complexity index is 835. The van der Waals surface area contributed by atoms with Gasteiger partial charge < -0.3 is 28.4 Å². The highest BCUT2D eigenvalue weighted by molar-refractivity contribution is 5.45. The molecule has 3 unspecified atom stereocenters. The van der Waals surface area contributed by atoms with Crippen LogP contribution < -0.4 is 18.9 Å². The van der Waals surface area contributed by atoms with Gasteiger partial charge in [-0.2, -0.15) is 0 Å². The summed E-state index contributed by atoms with van der Waals surface area (Å²) in [5.74, 6) is 3.87. The molecule has 5 rings (SSSR count). The Hall–Kier alpha value is -2.44. The highest BCUT2D eigenvalue weighted by Gasteiger charge is 2.36. The first-order valence-electron chi connectivity index (χ1n) is 9.25. The molecule has 27 heavy (non-hydrogen) atoms. The molecule has 0 bridgehead atoms. The third-order valence-electron chi connectivity index (χ3n) is 5.40. The van der Waals surface area contributed by atoms with Crippen molar-refractivity contribution in [3.8, 4) is 23.0 Å². The van der Waals surface area contributed by atoms with Gasteiger partial charge in [0.1, 0.15) is 0 Å². The lowest BCUT2D eigenvalue weighted by Crippen LogP contribution is -2.19. The van der Waals surface area contributed by atoms with E-state index in [-0.39, 0.29) is 19.7 Å². The molecule has 1 saturated heterocycles. The number of benzene rings is 2. The van der Waals surface area contributed by atoms with Crippen LogP contribution in [-0.4, -0.2) is 26.8 Å². The van der Waals surface area contributed by atoms with Crippen LogP contribution in [0.25, 0.3) is 0 Å². The fourth-order valence-electron chi connectivity index (χ4n) is 3.83. The predicted molar refractivity (Wildman–Crippen MR) is 96.1 cm³/mol. The first kappa shape index (κ1) is 16.7. The third kappa shape index (κ3) is 3.19. The third-order valence-corrected chi connectivity index (χ3v) is 5.40. The van der Waals surface area contributed by atoms with E-state index in [4.69, 9.17) is 28.4 Å². The lowest BCUT2D eigenvalue weighted by Gasteiger charge is -2.21. The lowest BCUT2D eigenvalue weighted by molar-refractivity contribution is 0.0340. The summed E-state index contributed by atoms with van der Waals surface area (Å²) >= 11 is 0. The Morgan fingerprint density at radius 2 is 1.59 bits per heavy atom. The molecule has 3 heterocycles. The van der Waals surface area contributed by atoms with Crippen molar-refractivity contribution in [1.82, 2.24) is 0 Å². The second-order valence-corrected chi connectivity index (χ2v) is 7.21. The van der Waals surface area contributed by atoms with Crippen LogP contribution in [0.4, 0.5) is 0 Å². The van der Waals surface area contributed by atoms with E-state index in [1.165, 1.54) is 0 Å². The van der Waals surface area contributed by atoms with Gasteiger partial charge in [-0.15, -0.1) is 0 Å². The fraction of sp³-hybridized carbons (Fsp3) is 0.429. The maximum Gasteiger partial charge on any atom is 0.231 e.